The Morgan fingerprint density at radius 2 is 0.786 bits per heavy atom. The fraction of sp³-hybridized carbons (Fsp3) is 0. The van der Waals surface area contributed by atoms with Crippen LogP contribution < -0.4 is 15.9 Å². The monoisotopic (exact) mass is 562 g/mol. The maximum absolute atomic E-state index is 16.1. The molecule has 0 heterocycles. The maximum Gasteiger partial charge on any atom is 0.175 e. The average Bonchev–Trinajstić information content (AvgIpc) is 3.02. The van der Waals surface area contributed by atoms with Gasteiger partial charge < -0.3 is 4.57 Å². The Balaban J connectivity index is 1.48. The molecule has 0 saturated heterocycles. The first kappa shape index (κ1) is 23.8. The molecule has 9 aromatic carbocycles. The third kappa shape index (κ3) is 3.04. The van der Waals surface area contributed by atoms with Crippen LogP contribution in [0.5, 0.6) is 0 Å². The average molecular weight is 563 g/mol. The van der Waals surface area contributed by atoms with Gasteiger partial charge in [0.1, 0.15) is 11.6 Å². The van der Waals surface area contributed by atoms with E-state index in [0.717, 1.165) is 70.7 Å². The first-order valence-corrected chi connectivity index (χ1v) is 15.6. The highest BCUT2D eigenvalue weighted by Crippen LogP contribution is 2.50. The summed E-state index contributed by atoms with van der Waals surface area (Å²) in [6, 6.07) is 40.0. The van der Waals surface area contributed by atoms with Crippen molar-refractivity contribution in [2.45, 2.75) is 0 Å². The van der Waals surface area contributed by atoms with Gasteiger partial charge in [-0.25, -0.2) is 8.78 Å². The Morgan fingerprint density at radius 3 is 1.24 bits per heavy atom. The molecule has 0 spiro atoms. The fourth-order valence-electron chi connectivity index (χ4n) is 7.11. The van der Waals surface area contributed by atoms with E-state index in [0.29, 0.717) is 10.6 Å². The van der Waals surface area contributed by atoms with Crippen molar-refractivity contribution in [2.75, 3.05) is 0 Å². The summed E-state index contributed by atoms with van der Waals surface area (Å²) < 4.78 is 46.2. The number of hydrogen-bond acceptors (Lipinski definition) is 1. The molecule has 0 aromatic heterocycles. The number of hydrogen-bond donors (Lipinski definition) is 0. The maximum atomic E-state index is 16.1. The zero-order valence-electron chi connectivity index (χ0n) is 22.2. The van der Waals surface area contributed by atoms with E-state index in [4.69, 9.17) is 0 Å². The predicted octanol–water partition coefficient (Wildman–Crippen LogP) is 9.40. The standard InChI is InChI=1S/C38H21F2OP/c39-28-15-20-34(31(40)21-28)42(41,32-18-13-26-9-7-22-3-1-5-24-11-16-29(32)37(26)35(22)24)33-19-14-27-10-8-23-4-2-6-25-12-17-30(33)38(27)36(23)25/h1-21H. The zero-order valence-corrected chi connectivity index (χ0v) is 23.1. The fourth-order valence-corrected chi connectivity index (χ4v) is 10.2. The normalized spacial score (nSPS) is 12.6. The van der Waals surface area contributed by atoms with Crippen LogP contribution in [0, 0.1) is 11.6 Å². The van der Waals surface area contributed by atoms with E-state index >= 15 is 8.96 Å². The summed E-state index contributed by atoms with van der Waals surface area (Å²) in [6.07, 6.45) is 0. The summed E-state index contributed by atoms with van der Waals surface area (Å²) in [5, 5.41) is 13.3. The quantitative estimate of drug-likeness (QED) is 0.155. The minimum Gasteiger partial charge on any atom is -0.308 e. The van der Waals surface area contributed by atoms with Crippen molar-refractivity contribution in [3.8, 4) is 0 Å². The summed E-state index contributed by atoms with van der Waals surface area (Å²) in [4.78, 5) is 0. The molecule has 4 heteroatoms. The lowest BCUT2D eigenvalue weighted by Gasteiger charge is -2.25. The van der Waals surface area contributed by atoms with Crippen molar-refractivity contribution in [2.24, 2.45) is 0 Å². The summed E-state index contributed by atoms with van der Waals surface area (Å²) in [5.41, 5.74) is 0. The van der Waals surface area contributed by atoms with E-state index in [1.165, 1.54) is 12.1 Å². The molecule has 0 saturated carbocycles. The minimum absolute atomic E-state index is 0.00830. The Bertz CT molecular complexity index is 2400. The van der Waals surface area contributed by atoms with Crippen molar-refractivity contribution in [3.63, 3.8) is 0 Å². The molecule has 0 fully saturated rings. The van der Waals surface area contributed by atoms with Gasteiger partial charge in [0, 0.05) is 16.7 Å². The van der Waals surface area contributed by atoms with Crippen LogP contribution in [0.4, 0.5) is 8.78 Å². The Hall–Kier alpha value is -4.85. The highest BCUT2D eigenvalue weighted by atomic mass is 31.2. The van der Waals surface area contributed by atoms with Crippen LogP contribution in [0.1, 0.15) is 0 Å². The van der Waals surface area contributed by atoms with Gasteiger partial charge in [0.2, 0.25) is 0 Å². The Kier molecular flexibility index (Phi) is 4.73. The summed E-state index contributed by atoms with van der Waals surface area (Å²) in [6.45, 7) is 0. The summed E-state index contributed by atoms with van der Waals surface area (Å²) >= 11 is 0. The molecule has 198 valence electrons. The lowest BCUT2D eigenvalue weighted by atomic mass is 9.94. The number of halogens is 2. The zero-order chi connectivity index (χ0) is 28.2. The third-order valence-electron chi connectivity index (χ3n) is 8.94. The highest BCUT2D eigenvalue weighted by molar-refractivity contribution is 7.86. The van der Waals surface area contributed by atoms with E-state index in [-0.39, 0.29) is 5.30 Å². The molecule has 0 unspecified atom stereocenters. The molecular formula is C38H21F2OP. The Labute approximate surface area is 239 Å². The van der Waals surface area contributed by atoms with Crippen molar-refractivity contribution >= 4 is 87.7 Å². The van der Waals surface area contributed by atoms with E-state index in [9.17, 15) is 4.39 Å². The van der Waals surface area contributed by atoms with Crippen molar-refractivity contribution in [1.29, 1.82) is 0 Å². The van der Waals surface area contributed by atoms with Gasteiger partial charge in [0.25, 0.3) is 0 Å². The molecule has 1 nitrogen and oxygen atoms in total. The van der Waals surface area contributed by atoms with Crippen LogP contribution >= 0.6 is 7.14 Å². The molecular weight excluding hydrogens is 541 g/mol. The van der Waals surface area contributed by atoms with Crippen molar-refractivity contribution in [1.82, 2.24) is 0 Å². The van der Waals surface area contributed by atoms with Gasteiger partial charge in [0.05, 0.1) is 5.30 Å². The van der Waals surface area contributed by atoms with E-state index in [2.05, 4.69) is 48.5 Å². The van der Waals surface area contributed by atoms with Gasteiger partial charge in [-0.1, -0.05) is 97.1 Å². The molecule has 0 atom stereocenters. The topological polar surface area (TPSA) is 17.1 Å². The van der Waals surface area contributed by atoms with E-state index in [1.54, 1.807) is 0 Å². The van der Waals surface area contributed by atoms with Crippen LogP contribution in [-0.4, -0.2) is 0 Å². The molecule has 9 aromatic rings. The van der Waals surface area contributed by atoms with Crippen molar-refractivity contribution < 1.29 is 13.3 Å². The number of benzene rings is 9. The molecule has 0 aliphatic carbocycles. The Morgan fingerprint density at radius 1 is 0.405 bits per heavy atom. The van der Waals surface area contributed by atoms with Gasteiger partial charge in [-0.05, 0) is 88.9 Å². The molecule has 42 heavy (non-hydrogen) atoms. The second kappa shape index (κ2) is 8.35. The van der Waals surface area contributed by atoms with Crippen molar-refractivity contribution in [3.05, 3.63) is 139 Å². The first-order chi connectivity index (χ1) is 20.5. The van der Waals surface area contributed by atoms with Gasteiger partial charge in [-0.2, -0.15) is 0 Å². The van der Waals surface area contributed by atoms with Crippen LogP contribution in [-0.2, 0) is 4.57 Å². The largest absolute Gasteiger partial charge is 0.308 e. The lowest BCUT2D eigenvalue weighted by Crippen LogP contribution is -2.28. The highest BCUT2D eigenvalue weighted by Gasteiger charge is 2.36. The van der Waals surface area contributed by atoms with E-state index < -0.39 is 18.8 Å². The second-order valence-electron chi connectivity index (χ2n) is 11.1. The summed E-state index contributed by atoms with van der Waals surface area (Å²) in [7, 11) is -3.89. The lowest BCUT2D eigenvalue weighted by molar-refractivity contribution is 0.580. The molecule has 0 aliphatic rings. The summed E-state index contributed by atoms with van der Waals surface area (Å²) in [5.74, 6) is -1.51. The minimum atomic E-state index is -3.89. The molecule has 0 N–H and O–H groups in total. The van der Waals surface area contributed by atoms with E-state index in [1.807, 2.05) is 60.7 Å². The SMILES string of the molecule is O=P(c1ccc(F)cc1F)(c1ccc2ccc3cccc4ccc1c2c34)c1ccc2ccc3cccc4ccc1c2c34. The van der Waals surface area contributed by atoms with Gasteiger partial charge in [0.15, 0.2) is 7.14 Å². The third-order valence-corrected chi connectivity index (χ3v) is 12.1. The van der Waals surface area contributed by atoms with Gasteiger partial charge >= 0.3 is 0 Å². The molecule has 0 radical (unpaired) electrons. The molecule has 0 bridgehead atoms. The first-order valence-electron chi connectivity index (χ1n) is 13.9. The molecule has 0 amide bonds. The van der Waals surface area contributed by atoms with Crippen LogP contribution in [0.25, 0.3) is 64.6 Å². The number of rotatable bonds is 3. The van der Waals surface area contributed by atoms with Gasteiger partial charge in [-0.15, -0.1) is 0 Å². The van der Waals surface area contributed by atoms with Gasteiger partial charge in [-0.3, -0.25) is 0 Å². The predicted molar refractivity (Wildman–Crippen MR) is 173 cm³/mol. The van der Waals surface area contributed by atoms with Crippen LogP contribution in [0.3, 0.4) is 0 Å². The van der Waals surface area contributed by atoms with Crippen LogP contribution in [0.15, 0.2) is 127 Å². The van der Waals surface area contributed by atoms with Crippen LogP contribution in [0.2, 0.25) is 0 Å². The molecule has 0 aliphatic heterocycles. The second-order valence-corrected chi connectivity index (χ2v) is 13.8. The molecule has 9 rings (SSSR count). The smallest absolute Gasteiger partial charge is 0.175 e.